The summed E-state index contributed by atoms with van der Waals surface area (Å²) in [5.41, 5.74) is 1.73. The lowest BCUT2D eigenvalue weighted by atomic mass is 9.97. The number of fused-ring (bicyclic) bond motifs is 1. The molecule has 0 radical (unpaired) electrons. The van der Waals surface area contributed by atoms with Crippen LogP contribution in [0.4, 0.5) is 10.5 Å². The van der Waals surface area contributed by atoms with E-state index in [9.17, 15) is 14.4 Å². The van der Waals surface area contributed by atoms with Crippen LogP contribution in [-0.4, -0.2) is 85.1 Å². The highest BCUT2D eigenvalue weighted by atomic mass is 16.5. The Kier molecular flexibility index (Phi) is 5.57. The van der Waals surface area contributed by atoms with Crippen LogP contribution in [0.5, 0.6) is 0 Å². The number of carbonyl (C=O) groups excluding carboxylic acids is 3. The predicted octanol–water partition coefficient (Wildman–Crippen LogP) is 1.75. The highest BCUT2D eigenvalue weighted by Gasteiger charge is 2.41. The molecule has 0 aromatic heterocycles. The van der Waals surface area contributed by atoms with Crippen molar-refractivity contribution in [2.45, 2.75) is 18.9 Å². The minimum Gasteiger partial charge on any atom is -0.378 e. The van der Waals surface area contributed by atoms with Gasteiger partial charge in [-0.2, -0.15) is 4.99 Å². The second-order valence-electron chi connectivity index (χ2n) is 8.27. The van der Waals surface area contributed by atoms with Gasteiger partial charge in [-0.05, 0) is 43.2 Å². The summed E-state index contributed by atoms with van der Waals surface area (Å²) in [5.74, 6) is -0.649. The van der Waals surface area contributed by atoms with Gasteiger partial charge in [0, 0.05) is 49.7 Å². The summed E-state index contributed by atoms with van der Waals surface area (Å²) >= 11 is 0. The lowest BCUT2D eigenvalue weighted by molar-refractivity contribution is -0.131. The molecule has 0 aliphatic carbocycles. The number of morpholine rings is 1. The van der Waals surface area contributed by atoms with Crippen LogP contribution in [0.25, 0.3) is 0 Å². The number of urea groups is 1. The molecule has 1 unspecified atom stereocenters. The van der Waals surface area contributed by atoms with E-state index in [2.05, 4.69) is 14.9 Å². The Morgan fingerprint density at radius 1 is 1.00 bits per heavy atom. The third-order valence-corrected chi connectivity index (χ3v) is 6.40. The van der Waals surface area contributed by atoms with Crippen LogP contribution in [0.2, 0.25) is 0 Å². The number of amides is 4. The fourth-order valence-corrected chi connectivity index (χ4v) is 4.62. The maximum atomic E-state index is 13.0. The van der Waals surface area contributed by atoms with E-state index in [1.165, 1.54) is 11.1 Å². The second kappa shape index (κ2) is 8.66. The van der Waals surface area contributed by atoms with Gasteiger partial charge in [-0.1, -0.05) is 6.08 Å². The summed E-state index contributed by atoms with van der Waals surface area (Å²) in [6.45, 7) is 4.11. The Morgan fingerprint density at radius 3 is 2.44 bits per heavy atom. The van der Waals surface area contributed by atoms with Crippen molar-refractivity contribution in [2.75, 3.05) is 44.3 Å². The van der Waals surface area contributed by atoms with E-state index in [0.717, 1.165) is 18.8 Å². The SMILES string of the molecule is O=C(c1ccc(N2CCOCC2)cc1)N1CCC(N2C(=O)N=C3N=CC=CC3C2=O)CC1. The van der Waals surface area contributed by atoms with Crippen LogP contribution in [0.15, 0.2) is 46.4 Å². The molecule has 0 saturated carbocycles. The van der Waals surface area contributed by atoms with E-state index in [0.29, 0.717) is 44.7 Å². The monoisotopic (exact) mass is 435 g/mol. The van der Waals surface area contributed by atoms with Crippen molar-refractivity contribution in [2.24, 2.45) is 15.9 Å². The zero-order chi connectivity index (χ0) is 22.1. The fourth-order valence-electron chi connectivity index (χ4n) is 4.62. The lowest BCUT2D eigenvalue weighted by Gasteiger charge is -2.39. The number of aliphatic imine (C=N–C) groups is 2. The predicted molar refractivity (Wildman–Crippen MR) is 119 cm³/mol. The minimum atomic E-state index is -0.595. The number of ether oxygens (including phenoxy) is 1. The van der Waals surface area contributed by atoms with E-state index in [4.69, 9.17) is 4.74 Å². The van der Waals surface area contributed by atoms with E-state index < -0.39 is 11.9 Å². The molecular formula is C23H25N5O4. The van der Waals surface area contributed by atoms with Crippen molar-refractivity contribution in [1.82, 2.24) is 9.80 Å². The van der Waals surface area contributed by atoms with Gasteiger partial charge < -0.3 is 14.5 Å². The summed E-state index contributed by atoms with van der Waals surface area (Å²) in [5, 5.41) is 0. The van der Waals surface area contributed by atoms with Gasteiger partial charge in [0.25, 0.3) is 5.91 Å². The van der Waals surface area contributed by atoms with E-state index in [1.807, 2.05) is 24.3 Å². The average molecular weight is 435 g/mol. The van der Waals surface area contributed by atoms with Crippen molar-refractivity contribution in [3.05, 3.63) is 42.0 Å². The molecule has 9 nitrogen and oxygen atoms in total. The second-order valence-corrected chi connectivity index (χ2v) is 8.27. The highest BCUT2D eigenvalue weighted by molar-refractivity contribution is 6.19. The van der Waals surface area contributed by atoms with Crippen LogP contribution in [0, 0.1) is 5.92 Å². The van der Waals surface area contributed by atoms with E-state index in [1.54, 1.807) is 17.1 Å². The molecule has 0 N–H and O–H groups in total. The number of rotatable bonds is 3. The topological polar surface area (TPSA) is 94.9 Å². The van der Waals surface area contributed by atoms with Gasteiger partial charge in [0.2, 0.25) is 5.91 Å². The lowest BCUT2D eigenvalue weighted by Crippen LogP contribution is -2.54. The van der Waals surface area contributed by atoms with Crippen molar-refractivity contribution in [1.29, 1.82) is 0 Å². The Hall–Kier alpha value is -3.33. The maximum Gasteiger partial charge on any atom is 0.352 e. The number of benzene rings is 1. The molecule has 0 spiro atoms. The Bertz CT molecular complexity index is 1000. The molecule has 2 fully saturated rings. The average Bonchev–Trinajstić information content (AvgIpc) is 2.85. The first kappa shape index (κ1) is 20.6. The standard InChI is InChI=1S/C23H25N5O4/c29-21(16-3-5-17(6-4-16)26-12-14-32-15-13-26)27-10-7-18(8-11-27)28-22(30)19-2-1-9-24-20(19)25-23(28)31/h1-6,9,18-19H,7-8,10-15H2. The van der Waals surface area contributed by atoms with Crippen LogP contribution in [0.1, 0.15) is 23.2 Å². The Morgan fingerprint density at radius 2 is 1.72 bits per heavy atom. The van der Waals surface area contributed by atoms with Crippen LogP contribution in [-0.2, 0) is 9.53 Å². The molecule has 5 rings (SSSR count). The molecular weight excluding hydrogens is 410 g/mol. The maximum absolute atomic E-state index is 13.0. The first-order chi connectivity index (χ1) is 15.6. The number of likely N-dealkylation sites (tertiary alicyclic amines) is 1. The number of anilines is 1. The molecule has 4 aliphatic heterocycles. The zero-order valence-electron chi connectivity index (χ0n) is 17.7. The van der Waals surface area contributed by atoms with Crippen LogP contribution < -0.4 is 4.90 Å². The highest BCUT2D eigenvalue weighted by Crippen LogP contribution is 2.26. The number of allylic oxidation sites excluding steroid dienone is 1. The number of dihydropyridines is 1. The number of imide groups is 1. The molecule has 4 heterocycles. The summed E-state index contributed by atoms with van der Waals surface area (Å²) in [4.78, 5) is 51.7. The van der Waals surface area contributed by atoms with E-state index >= 15 is 0 Å². The van der Waals surface area contributed by atoms with Crippen LogP contribution >= 0.6 is 0 Å². The molecule has 4 amide bonds. The van der Waals surface area contributed by atoms with Gasteiger partial charge in [-0.15, -0.1) is 0 Å². The van der Waals surface area contributed by atoms with Crippen molar-refractivity contribution in [3.63, 3.8) is 0 Å². The molecule has 32 heavy (non-hydrogen) atoms. The minimum absolute atomic E-state index is 0.0295. The molecule has 2 saturated heterocycles. The third kappa shape index (κ3) is 3.84. The summed E-state index contributed by atoms with van der Waals surface area (Å²) in [7, 11) is 0. The van der Waals surface area contributed by atoms with Crippen LogP contribution in [0.3, 0.4) is 0 Å². The summed E-state index contributed by atoms with van der Waals surface area (Å²) in [6, 6.07) is 6.87. The number of hydrogen-bond acceptors (Lipinski definition) is 6. The van der Waals surface area contributed by atoms with Gasteiger partial charge in [0.15, 0.2) is 0 Å². The van der Waals surface area contributed by atoms with Crippen molar-refractivity contribution in [3.8, 4) is 0 Å². The summed E-state index contributed by atoms with van der Waals surface area (Å²) < 4.78 is 5.39. The first-order valence-corrected chi connectivity index (χ1v) is 11.0. The van der Waals surface area contributed by atoms with E-state index in [-0.39, 0.29) is 23.7 Å². The molecule has 0 bridgehead atoms. The molecule has 166 valence electrons. The molecule has 4 aliphatic rings. The molecule has 1 aromatic carbocycles. The number of carbonyl (C=O) groups is 3. The third-order valence-electron chi connectivity index (χ3n) is 6.40. The number of piperidine rings is 1. The molecule has 9 heteroatoms. The number of amidine groups is 1. The smallest absolute Gasteiger partial charge is 0.352 e. The largest absolute Gasteiger partial charge is 0.378 e. The molecule has 1 atom stereocenters. The number of hydrogen-bond donors (Lipinski definition) is 0. The Labute approximate surface area is 186 Å². The number of nitrogens with zero attached hydrogens (tertiary/aromatic N) is 5. The van der Waals surface area contributed by atoms with Gasteiger partial charge in [-0.3, -0.25) is 14.5 Å². The summed E-state index contributed by atoms with van der Waals surface area (Å²) in [6.07, 6.45) is 6.02. The molecule has 1 aromatic rings. The van der Waals surface area contributed by atoms with Gasteiger partial charge >= 0.3 is 6.03 Å². The van der Waals surface area contributed by atoms with Crippen molar-refractivity contribution >= 4 is 35.6 Å². The normalized spacial score (nSPS) is 23.9. The Balaban J connectivity index is 1.21. The first-order valence-electron chi connectivity index (χ1n) is 11.0. The van der Waals surface area contributed by atoms with Gasteiger partial charge in [-0.25, -0.2) is 9.79 Å². The van der Waals surface area contributed by atoms with Gasteiger partial charge in [0.1, 0.15) is 11.8 Å². The van der Waals surface area contributed by atoms with Gasteiger partial charge in [0.05, 0.1) is 13.2 Å². The quantitative estimate of drug-likeness (QED) is 0.721. The fraction of sp³-hybridized carbons (Fsp3) is 0.435. The zero-order valence-corrected chi connectivity index (χ0v) is 17.7. The van der Waals surface area contributed by atoms with Crippen molar-refractivity contribution < 1.29 is 19.1 Å².